The van der Waals surface area contributed by atoms with Crippen molar-refractivity contribution in [2.75, 3.05) is 18.6 Å². The molecule has 1 aromatic rings. The molecule has 0 bridgehead atoms. The third-order valence-electron chi connectivity index (χ3n) is 2.27. The minimum atomic E-state index is -1.16. The van der Waals surface area contributed by atoms with E-state index in [1.807, 2.05) is 18.2 Å². The molecule has 0 saturated heterocycles. The highest BCUT2D eigenvalue weighted by atomic mass is 16.6. The monoisotopic (exact) mass is 278 g/mol. The second-order valence-electron chi connectivity index (χ2n) is 3.74. The number of rotatable bonds is 7. The number of anilines is 1. The summed E-state index contributed by atoms with van der Waals surface area (Å²) in [6, 6.07) is 9.16. The topological polar surface area (TPSA) is 77.0 Å². The van der Waals surface area contributed by atoms with Crippen molar-refractivity contribution in [1.82, 2.24) is 0 Å². The van der Waals surface area contributed by atoms with E-state index in [0.717, 1.165) is 5.69 Å². The average molecular weight is 278 g/mol. The van der Waals surface area contributed by atoms with Crippen LogP contribution in [0.4, 0.5) is 5.69 Å². The molecule has 0 amide bonds. The molecular formula is C14H18N2O4. The van der Waals surface area contributed by atoms with Crippen LogP contribution in [0.1, 0.15) is 13.8 Å². The van der Waals surface area contributed by atoms with Crippen LogP contribution in [0.3, 0.4) is 0 Å². The normalized spacial score (nSPS) is 10.6. The van der Waals surface area contributed by atoms with Gasteiger partial charge in [0.25, 0.3) is 0 Å². The predicted octanol–water partition coefficient (Wildman–Crippen LogP) is 1.83. The van der Waals surface area contributed by atoms with Crippen molar-refractivity contribution in [2.24, 2.45) is 11.0 Å². The van der Waals surface area contributed by atoms with Crippen molar-refractivity contribution in [3.8, 4) is 0 Å². The first-order chi connectivity index (χ1) is 9.69. The summed E-state index contributed by atoms with van der Waals surface area (Å²) >= 11 is 0. The molecule has 0 unspecified atom stereocenters. The Morgan fingerprint density at radius 2 is 1.70 bits per heavy atom. The van der Waals surface area contributed by atoms with Gasteiger partial charge in [-0.2, -0.15) is 5.10 Å². The summed E-state index contributed by atoms with van der Waals surface area (Å²) in [5.74, 6) is -2.51. The van der Waals surface area contributed by atoms with Crippen LogP contribution in [-0.4, -0.2) is 31.4 Å². The zero-order valence-corrected chi connectivity index (χ0v) is 11.5. The van der Waals surface area contributed by atoms with Gasteiger partial charge in [0.05, 0.1) is 25.1 Å². The molecule has 0 spiro atoms. The van der Waals surface area contributed by atoms with E-state index >= 15 is 0 Å². The summed E-state index contributed by atoms with van der Waals surface area (Å²) in [5.41, 5.74) is 3.47. The van der Waals surface area contributed by atoms with Crippen LogP contribution >= 0.6 is 0 Å². The molecule has 0 aromatic heterocycles. The molecule has 0 aliphatic heterocycles. The number of carbonyl (C=O) groups excluding carboxylic acids is 2. The Labute approximate surface area is 117 Å². The van der Waals surface area contributed by atoms with Gasteiger partial charge >= 0.3 is 11.9 Å². The molecule has 1 N–H and O–H groups in total. The van der Waals surface area contributed by atoms with Gasteiger partial charge in [-0.3, -0.25) is 15.0 Å². The number of nitrogens with one attached hydrogen (secondary N) is 1. The summed E-state index contributed by atoms with van der Waals surface area (Å²) in [4.78, 5) is 23.3. The van der Waals surface area contributed by atoms with Crippen LogP contribution in [0.2, 0.25) is 0 Å². The van der Waals surface area contributed by atoms with Crippen molar-refractivity contribution in [1.29, 1.82) is 0 Å². The van der Waals surface area contributed by atoms with Crippen molar-refractivity contribution >= 4 is 23.8 Å². The summed E-state index contributed by atoms with van der Waals surface area (Å²) in [6.07, 6.45) is 1.18. The molecule has 0 aliphatic carbocycles. The van der Waals surface area contributed by atoms with Gasteiger partial charge in [-0.15, -0.1) is 0 Å². The van der Waals surface area contributed by atoms with Gasteiger partial charge in [0.2, 0.25) is 0 Å². The number of nitrogens with zero attached hydrogens (tertiary/aromatic N) is 1. The van der Waals surface area contributed by atoms with Crippen LogP contribution in [0.5, 0.6) is 0 Å². The second kappa shape index (κ2) is 8.68. The molecule has 0 radical (unpaired) electrons. The number of hydrogen-bond acceptors (Lipinski definition) is 6. The molecule has 20 heavy (non-hydrogen) atoms. The summed E-state index contributed by atoms with van der Waals surface area (Å²) in [7, 11) is 0. The first-order valence-electron chi connectivity index (χ1n) is 6.36. The van der Waals surface area contributed by atoms with E-state index in [9.17, 15) is 9.59 Å². The Morgan fingerprint density at radius 3 is 2.20 bits per heavy atom. The van der Waals surface area contributed by atoms with Crippen LogP contribution in [0, 0.1) is 5.92 Å². The number of benzene rings is 1. The van der Waals surface area contributed by atoms with E-state index in [2.05, 4.69) is 10.5 Å². The van der Waals surface area contributed by atoms with Crippen molar-refractivity contribution < 1.29 is 19.1 Å². The third kappa shape index (κ3) is 5.09. The third-order valence-corrected chi connectivity index (χ3v) is 2.27. The Kier molecular flexibility index (Phi) is 6.81. The highest BCUT2D eigenvalue weighted by Crippen LogP contribution is 2.06. The smallest absolute Gasteiger partial charge is 0.325 e. The highest BCUT2D eigenvalue weighted by molar-refractivity contribution is 6.09. The molecule has 6 heteroatoms. The fraction of sp³-hybridized carbons (Fsp3) is 0.357. The van der Waals surface area contributed by atoms with E-state index in [-0.39, 0.29) is 13.2 Å². The zero-order valence-electron chi connectivity index (χ0n) is 11.5. The van der Waals surface area contributed by atoms with Crippen molar-refractivity contribution in [2.45, 2.75) is 13.8 Å². The maximum atomic E-state index is 11.7. The van der Waals surface area contributed by atoms with E-state index in [0.29, 0.717) is 0 Å². The first-order valence-corrected chi connectivity index (χ1v) is 6.36. The molecule has 0 aliphatic rings. The maximum Gasteiger partial charge on any atom is 0.325 e. The quantitative estimate of drug-likeness (QED) is 0.356. The SMILES string of the molecule is CCOC(=O)C(/C=N/Nc1ccccc1)C(=O)OCC. The second-order valence-corrected chi connectivity index (χ2v) is 3.74. The Hall–Kier alpha value is -2.37. The maximum absolute atomic E-state index is 11.7. The van der Waals surface area contributed by atoms with Gasteiger partial charge in [0.1, 0.15) is 0 Å². The van der Waals surface area contributed by atoms with Crippen LogP contribution in [-0.2, 0) is 19.1 Å². The molecule has 0 fully saturated rings. The summed E-state index contributed by atoms with van der Waals surface area (Å²) in [5, 5.41) is 3.87. The lowest BCUT2D eigenvalue weighted by molar-refractivity contribution is -0.157. The number of esters is 2. The molecule has 0 atom stereocenters. The van der Waals surface area contributed by atoms with Gasteiger partial charge < -0.3 is 9.47 Å². The van der Waals surface area contributed by atoms with Crippen LogP contribution in [0.25, 0.3) is 0 Å². The number of ether oxygens (including phenoxy) is 2. The molecule has 6 nitrogen and oxygen atoms in total. The molecule has 0 heterocycles. The lowest BCUT2D eigenvalue weighted by Crippen LogP contribution is -2.29. The largest absolute Gasteiger partial charge is 0.465 e. The van der Waals surface area contributed by atoms with Gasteiger partial charge in [-0.05, 0) is 26.0 Å². The number of hydrogen-bond donors (Lipinski definition) is 1. The zero-order chi connectivity index (χ0) is 14.8. The van der Waals surface area contributed by atoms with Crippen LogP contribution in [0.15, 0.2) is 35.4 Å². The number of para-hydroxylation sites is 1. The molecule has 1 aromatic carbocycles. The molecule has 1 rings (SSSR count). The van der Waals surface area contributed by atoms with E-state index < -0.39 is 17.9 Å². The molecule has 0 saturated carbocycles. The lowest BCUT2D eigenvalue weighted by atomic mass is 10.2. The lowest BCUT2D eigenvalue weighted by Gasteiger charge is -2.10. The minimum Gasteiger partial charge on any atom is -0.465 e. The fourth-order valence-corrected chi connectivity index (χ4v) is 1.38. The summed E-state index contributed by atoms with van der Waals surface area (Å²) in [6.45, 7) is 3.71. The number of carbonyl (C=O) groups is 2. The van der Waals surface area contributed by atoms with Crippen molar-refractivity contribution in [3.05, 3.63) is 30.3 Å². The van der Waals surface area contributed by atoms with E-state index in [1.165, 1.54) is 6.21 Å². The molecule has 108 valence electrons. The van der Waals surface area contributed by atoms with Crippen LogP contribution < -0.4 is 5.43 Å². The summed E-state index contributed by atoms with van der Waals surface area (Å²) < 4.78 is 9.63. The number of hydrazone groups is 1. The highest BCUT2D eigenvalue weighted by Gasteiger charge is 2.27. The predicted molar refractivity (Wildman–Crippen MR) is 75.3 cm³/mol. The first kappa shape index (κ1) is 15.7. The van der Waals surface area contributed by atoms with E-state index in [4.69, 9.17) is 9.47 Å². The van der Waals surface area contributed by atoms with Gasteiger partial charge in [0, 0.05) is 0 Å². The fourth-order valence-electron chi connectivity index (χ4n) is 1.38. The van der Waals surface area contributed by atoms with Gasteiger partial charge in [-0.25, -0.2) is 0 Å². The minimum absolute atomic E-state index is 0.189. The van der Waals surface area contributed by atoms with Gasteiger partial charge in [-0.1, -0.05) is 18.2 Å². The average Bonchev–Trinajstić information content (AvgIpc) is 2.45. The van der Waals surface area contributed by atoms with E-state index in [1.54, 1.807) is 26.0 Å². The Morgan fingerprint density at radius 1 is 1.15 bits per heavy atom. The van der Waals surface area contributed by atoms with Gasteiger partial charge in [0.15, 0.2) is 5.92 Å². The Bertz CT molecular complexity index is 442. The van der Waals surface area contributed by atoms with Crippen molar-refractivity contribution in [3.63, 3.8) is 0 Å². The standard InChI is InChI=1S/C14H18N2O4/c1-3-19-13(17)12(14(18)20-4-2)10-15-16-11-8-6-5-7-9-11/h5-10,12,16H,3-4H2,1-2H3/b15-10+. The molecular weight excluding hydrogens is 260 g/mol. The Balaban J connectivity index is 2.68.